The van der Waals surface area contributed by atoms with Crippen LogP contribution in [0.5, 0.6) is 0 Å². The fourth-order valence-corrected chi connectivity index (χ4v) is 3.24. The molecule has 3 nitrogen and oxygen atoms in total. The molecule has 0 saturated heterocycles. The Labute approximate surface area is 125 Å². The number of hydrogen-bond acceptors (Lipinski definition) is 3. The van der Waals surface area contributed by atoms with Crippen LogP contribution in [0, 0.1) is 11.3 Å². The second kappa shape index (κ2) is 6.15. The van der Waals surface area contributed by atoms with Crippen molar-refractivity contribution in [1.29, 1.82) is 5.26 Å². The highest BCUT2D eigenvalue weighted by molar-refractivity contribution is 5.97. The van der Waals surface area contributed by atoms with Gasteiger partial charge in [0.25, 0.3) is 0 Å². The van der Waals surface area contributed by atoms with E-state index in [0.29, 0.717) is 6.04 Å². The minimum absolute atomic E-state index is 0.210. The van der Waals surface area contributed by atoms with Crippen molar-refractivity contribution in [1.82, 2.24) is 0 Å². The Balaban J connectivity index is 1.96. The van der Waals surface area contributed by atoms with E-state index in [1.54, 1.807) is 0 Å². The molecule has 2 aromatic carbocycles. The first kappa shape index (κ1) is 13.9. The second-order valence-corrected chi connectivity index (χ2v) is 5.87. The molecule has 108 valence electrons. The summed E-state index contributed by atoms with van der Waals surface area (Å²) in [5.41, 5.74) is 8.13. The molecule has 2 atom stereocenters. The Kier molecular flexibility index (Phi) is 4.08. The molecule has 1 fully saturated rings. The van der Waals surface area contributed by atoms with Gasteiger partial charge in [-0.3, -0.25) is 0 Å². The molecule has 0 heterocycles. The quantitative estimate of drug-likeness (QED) is 0.822. The van der Waals surface area contributed by atoms with Crippen LogP contribution in [0.2, 0.25) is 0 Å². The van der Waals surface area contributed by atoms with Crippen LogP contribution in [0.1, 0.15) is 37.7 Å². The van der Waals surface area contributed by atoms with Gasteiger partial charge in [-0.2, -0.15) is 5.26 Å². The minimum atomic E-state index is 0.210. The van der Waals surface area contributed by atoms with Crippen LogP contribution in [0.3, 0.4) is 0 Å². The average Bonchev–Trinajstić information content (AvgIpc) is 2.72. The summed E-state index contributed by atoms with van der Waals surface area (Å²) < 4.78 is 0. The van der Waals surface area contributed by atoms with E-state index in [1.807, 2.05) is 30.3 Å². The van der Waals surface area contributed by atoms with Gasteiger partial charge in [0.15, 0.2) is 0 Å². The van der Waals surface area contributed by atoms with Crippen molar-refractivity contribution in [2.75, 3.05) is 5.32 Å². The van der Waals surface area contributed by atoms with Crippen molar-refractivity contribution < 1.29 is 0 Å². The van der Waals surface area contributed by atoms with Gasteiger partial charge in [0, 0.05) is 28.5 Å². The number of benzene rings is 2. The molecule has 3 rings (SSSR count). The molecule has 0 radical (unpaired) electrons. The SMILES string of the molecule is N#Cc1ccc(NC2CCCCCC2N)c2ccccc12. The highest BCUT2D eigenvalue weighted by atomic mass is 15.0. The van der Waals surface area contributed by atoms with Crippen LogP contribution < -0.4 is 11.1 Å². The van der Waals surface area contributed by atoms with Crippen LogP contribution in [0.25, 0.3) is 10.8 Å². The molecular formula is C18H21N3. The smallest absolute Gasteiger partial charge is 0.0998 e. The molecule has 3 heteroatoms. The van der Waals surface area contributed by atoms with E-state index in [9.17, 15) is 5.26 Å². The number of nitriles is 1. The number of hydrogen-bond donors (Lipinski definition) is 2. The number of anilines is 1. The number of nitrogens with two attached hydrogens (primary N) is 1. The van der Waals surface area contributed by atoms with Gasteiger partial charge in [0.1, 0.15) is 0 Å². The third-order valence-corrected chi connectivity index (χ3v) is 4.45. The lowest BCUT2D eigenvalue weighted by Gasteiger charge is -2.24. The zero-order chi connectivity index (χ0) is 14.7. The first-order valence-electron chi connectivity index (χ1n) is 7.73. The van der Waals surface area contributed by atoms with Gasteiger partial charge in [-0.15, -0.1) is 0 Å². The monoisotopic (exact) mass is 279 g/mol. The fraction of sp³-hybridized carbons (Fsp3) is 0.389. The Bertz CT molecular complexity index is 672. The van der Waals surface area contributed by atoms with E-state index in [2.05, 4.69) is 17.5 Å². The van der Waals surface area contributed by atoms with E-state index in [0.717, 1.165) is 34.9 Å². The van der Waals surface area contributed by atoms with Crippen molar-refractivity contribution in [2.45, 2.75) is 44.2 Å². The lowest BCUT2D eigenvalue weighted by molar-refractivity contribution is 0.529. The molecule has 0 aliphatic heterocycles. The zero-order valence-corrected chi connectivity index (χ0v) is 12.2. The van der Waals surface area contributed by atoms with Crippen molar-refractivity contribution in [3.63, 3.8) is 0 Å². The average molecular weight is 279 g/mol. The summed E-state index contributed by atoms with van der Waals surface area (Å²) in [6.07, 6.45) is 5.95. The summed E-state index contributed by atoms with van der Waals surface area (Å²) in [4.78, 5) is 0. The maximum Gasteiger partial charge on any atom is 0.0998 e. The number of nitrogens with zero attached hydrogens (tertiary/aromatic N) is 1. The van der Waals surface area contributed by atoms with Crippen LogP contribution in [-0.2, 0) is 0 Å². The van der Waals surface area contributed by atoms with Gasteiger partial charge in [0.2, 0.25) is 0 Å². The normalized spacial score (nSPS) is 22.5. The maximum absolute atomic E-state index is 9.24. The van der Waals surface area contributed by atoms with Gasteiger partial charge in [-0.05, 0) is 25.0 Å². The molecular weight excluding hydrogens is 258 g/mol. The van der Waals surface area contributed by atoms with Crippen LogP contribution in [0.4, 0.5) is 5.69 Å². The Hall–Kier alpha value is -2.05. The number of nitrogens with one attached hydrogen (secondary N) is 1. The minimum Gasteiger partial charge on any atom is -0.380 e. The summed E-state index contributed by atoms with van der Waals surface area (Å²) in [6.45, 7) is 0. The Morgan fingerprint density at radius 3 is 2.57 bits per heavy atom. The summed E-state index contributed by atoms with van der Waals surface area (Å²) in [6, 6.07) is 14.8. The Morgan fingerprint density at radius 1 is 1.00 bits per heavy atom. The molecule has 0 bridgehead atoms. The summed E-state index contributed by atoms with van der Waals surface area (Å²) in [5.74, 6) is 0. The van der Waals surface area contributed by atoms with Crippen molar-refractivity contribution in [2.24, 2.45) is 5.73 Å². The van der Waals surface area contributed by atoms with E-state index < -0.39 is 0 Å². The van der Waals surface area contributed by atoms with E-state index in [-0.39, 0.29) is 6.04 Å². The van der Waals surface area contributed by atoms with Crippen LogP contribution in [0.15, 0.2) is 36.4 Å². The number of rotatable bonds is 2. The predicted molar refractivity (Wildman–Crippen MR) is 87.1 cm³/mol. The van der Waals surface area contributed by atoms with E-state index >= 15 is 0 Å². The lowest BCUT2D eigenvalue weighted by atomic mass is 10.0. The highest BCUT2D eigenvalue weighted by Crippen LogP contribution is 2.29. The molecule has 0 amide bonds. The highest BCUT2D eigenvalue weighted by Gasteiger charge is 2.20. The van der Waals surface area contributed by atoms with Crippen molar-refractivity contribution in [3.8, 4) is 6.07 Å². The van der Waals surface area contributed by atoms with Gasteiger partial charge >= 0.3 is 0 Å². The summed E-state index contributed by atoms with van der Waals surface area (Å²) >= 11 is 0. The molecule has 0 spiro atoms. The zero-order valence-electron chi connectivity index (χ0n) is 12.2. The van der Waals surface area contributed by atoms with E-state index in [4.69, 9.17) is 5.73 Å². The fourth-order valence-electron chi connectivity index (χ4n) is 3.24. The van der Waals surface area contributed by atoms with Gasteiger partial charge < -0.3 is 11.1 Å². The van der Waals surface area contributed by atoms with E-state index in [1.165, 1.54) is 19.3 Å². The summed E-state index contributed by atoms with van der Waals surface area (Å²) in [5, 5.41) is 15.0. The molecule has 2 aromatic rings. The molecule has 3 N–H and O–H groups in total. The molecule has 1 saturated carbocycles. The molecule has 1 aliphatic rings. The summed E-state index contributed by atoms with van der Waals surface area (Å²) in [7, 11) is 0. The molecule has 1 aliphatic carbocycles. The maximum atomic E-state index is 9.24. The van der Waals surface area contributed by atoms with Crippen LogP contribution in [-0.4, -0.2) is 12.1 Å². The lowest BCUT2D eigenvalue weighted by Crippen LogP contribution is -2.39. The number of fused-ring (bicyclic) bond motifs is 1. The molecule has 2 unspecified atom stereocenters. The predicted octanol–water partition coefficient (Wildman–Crippen LogP) is 3.78. The molecule has 21 heavy (non-hydrogen) atoms. The Morgan fingerprint density at radius 2 is 1.76 bits per heavy atom. The third-order valence-electron chi connectivity index (χ3n) is 4.45. The second-order valence-electron chi connectivity index (χ2n) is 5.87. The van der Waals surface area contributed by atoms with Gasteiger partial charge in [0.05, 0.1) is 11.6 Å². The molecule has 0 aromatic heterocycles. The van der Waals surface area contributed by atoms with Gasteiger partial charge in [-0.1, -0.05) is 43.5 Å². The first-order valence-corrected chi connectivity index (χ1v) is 7.73. The largest absolute Gasteiger partial charge is 0.380 e. The third kappa shape index (κ3) is 2.86. The standard InChI is InChI=1S/C18H21N3/c19-12-13-10-11-17(15-7-5-4-6-14(13)15)21-18-9-3-1-2-8-16(18)20/h4-7,10-11,16,18,21H,1-3,8-9,20H2. The van der Waals surface area contributed by atoms with Crippen molar-refractivity contribution >= 4 is 16.5 Å². The van der Waals surface area contributed by atoms with Crippen molar-refractivity contribution in [3.05, 3.63) is 42.0 Å². The van der Waals surface area contributed by atoms with Crippen LogP contribution >= 0.6 is 0 Å². The van der Waals surface area contributed by atoms with Gasteiger partial charge in [-0.25, -0.2) is 0 Å². The topological polar surface area (TPSA) is 61.8 Å². The first-order chi connectivity index (χ1) is 10.3.